The van der Waals surface area contributed by atoms with Crippen molar-refractivity contribution in [3.8, 4) is 5.75 Å². The molecule has 0 bridgehead atoms. The van der Waals surface area contributed by atoms with Crippen LogP contribution in [0.3, 0.4) is 0 Å². The SMILES string of the molecule is Fc1c(F)c(F)c(OC[CH2][Al]([Cl])[Cl])c(F)c1F. The standard InChI is InChI=1S/C8H4F5O.Al.2ClH/c1-2-14-8-6(12)4(10)3(9)5(11)7(8)13;;;/h1-2H2;;2*1H/q;+2;;/p-2. The van der Waals surface area contributed by atoms with E-state index in [9.17, 15) is 22.0 Å². The van der Waals surface area contributed by atoms with Gasteiger partial charge in [-0.25, -0.2) is 33.3 Å². The summed E-state index contributed by atoms with van der Waals surface area (Å²) in [5, 5.41) is 0.114. The summed E-state index contributed by atoms with van der Waals surface area (Å²) in [7, 11) is 10.9. The molecule has 0 aliphatic heterocycles. The Morgan fingerprint density at radius 3 is 1.65 bits per heavy atom. The molecule has 9 heteroatoms. The Balaban J connectivity index is 2.99. The topological polar surface area (TPSA) is 9.23 Å². The Morgan fingerprint density at radius 2 is 1.24 bits per heavy atom. The smallest absolute Gasteiger partial charge is 0.489 e. The minimum Gasteiger partial charge on any atom is -0.489 e. The molecule has 0 aliphatic rings. The van der Waals surface area contributed by atoms with Gasteiger partial charge in [0.2, 0.25) is 29.1 Å². The van der Waals surface area contributed by atoms with Gasteiger partial charge in [-0.2, -0.15) is 8.78 Å². The lowest BCUT2D eigenvalue weighted by atomic mass is 10.2. The van der Waals surface area contributed by atoms with Crippen LogP contribution < -0.4 is 4.74 Å². The number of rotatable bonds is 4. The van der Waals surface area contributed by atoms with Gasteiger partial charge in [0.1, 0.15) is 0 Å². The molecule has 0 amide bonds. The van der Waals surface area contributed by atoms with Gasteiger partial charge in [0.15, 0.2) is 5.75 Å². The number of benzene rings is 1. The van der Waals surface area contributed by atoms with E-state index in [2.05, 4.69) is 4.74 Å². The average molecular weight is 309 g/mol. The van der Waals surface area contributed by atoms with Crippen LogP contribution in [0.25, 0.3) is 0 Å². The molecule has 0 radical (unpaired) electrons. The maximum Gasteiger partial charge on any atom is 0.522 e. The second-order valence-corrected chi connectivity index (χ2v) is 8.12. The summed E-state index contributed by atoms with van der Waals surface area (Å²) in [6.07, 6.45) is 0. The molecule has 0 aliphatic carbocycles. The van der Waals surface area contributed by atoms with E-state index in [-0.39, 0.29) is 11.9 Å². The predicted molar refractivity (Wildman–Crippen MR) is 54.0 cm³/mol. The van der Waals surface area contributed by atoms with Crippen LogP contribution in [-0.2, 0) is 0 Å². The molecule has 0 unspecified atom stereocenters. The van der Waals surface area contributed by atoms with Gasteiger partial charge in [-0.3, -0.25) is 0 Å². The largest absolute Gasteiger partial charge is 0.522 e. The van der Waals surface area contributed by atoms with E-state index in [1.165, 1.54) is 0 Å². The Hall–Kier alpha value is -0.218. The normalized spacial score (nSPS) is 10.5. The minimum atomic E-state index is -2.23. The second-order valence-electron chi connectivity index (χ2n) is 2.93. The van der Waals surface area contributed by atoms with Crippen molar-refractivity contribution in [2.24, 2.45) is 0 Å². The van der Waals surface area contributed by atoms with Crippen LogP contribution in [0.5, 0.6) is 5.75 Å². The zero-order valence-electron chi connectivity index (χ0n) is 8.05. The van der Waals surface area contributed by atoms with Crippen molar-refractivity contribution in [3.63, 3.8) is 0 Å². The summed E-state index contributed by atoms with van der Waals surface area (Å²) in [5.41, 5.74) is 0. The van der Waals surface area contributed by atoms with E-state index in [0.717, 1.165) is 0 Å². The summed E-state index contributed by atoms with van der Waals surface area (Å²) in [5.74, 6) is -11.7. The molecule has 1 nitrogen and oxygen atoms in total. The van der Waals surface area contributed by atoms with Crippen molar-refractivity contribution in [1.82, 2.24) is 0 Å². The summed E-state index contributed by atoms with van der Waals surface area (Å²) in [6, 6.07) is 0. The van der Waals surface area contributed by atoms with Gasteiger partial charge in [0.25, 0.3) is 0 Å². The van der Waals surface area contributed by atoms with E-state index in [0.29, 0.717) is 0 Å². The van der Waals surface area contributed by atoms with E-state index in [1.54, 1.807) is 0 Å². The highest BCUT2D eigenvalue weighted by molar-refractivity contribution is 7.33. The summed E-state index contributed by atoms with van der Waals surface area (Å²) < 4.78 is 68.6. The highest BCUT2D eigenvalue weighted by Crippen LogP contribution is 2.29. The maximum absolute atomic E-state index is 13.0. The molecule has 17 heavy (non-hydrogen) atoms. The Bertz CT molecular complexity index is 400. The molecule has 0 fully saturated rings. The van der Waals surface area contributed by atoms with Crippen molar-refractivity contribution >= 4 is 32.4 Å². The highest BCUT2D eigenvalue weighted by atomic mass is 35.7. The van der Waals surface area contributed by atoms with Crippen molar-refractivity contribution in [2.45, 2.75) is 5.28 Å². The van der Waals surface area contributed by atoms with E-state index in [1.807, 2.05) is 0 Å². The van der Waals surface area contributed by atoms with Gasteiger partial charge in [-0.15, -0.1) is 0 Å². The predicted octanol–water partition coefficient (Wildman–Crippen LogP) is 3.73. The van der Waals surface area contributed by atoms with Crippen LogP contribution in [0, 0.1) is 29.1 Å². The summed E-state index contributed by atoms with van der Waals surface area (Å²) in [4.78, 5) is 0. The zero-order valence-corrected chi connectivity index (χ0v) is 10.7. The van der Waals surface area contributed by atoms with E-state index in [4.69, 9.17) is 20.1 Å². The fourth-order valence-electron chi connectivity index (χ4n) is 0.962. The quantitative estimate of drug-likeness (QED) is 0.356. The highest BCUT2D eigenvalue weighted by Gasteiger charge is 2.27. The van der Waals surface area contributed by atoms with Gasteiger partial charge in [-0.1, -0.05) is 0 Å². The van der Waals surface area contributed by atoms with Crippen LogP contribution >= 0.6 is 20.1 Å². The average Bonchev–Trinajstić information content (AvgIpc) is 2.28. The third-order valence-corrected chi connectivity index (χ3v) is 3.73. The van der Waals surface area contributed by atoms with Crippen LogP contribution in [0.2, 0.25) is 5.28 Å². The first-order chi connectivity index (χ1) is 7.86. The van der Waals surface area contributed by atoms with Crippen molar-refractivity contribution in [1.29, 1.82) is 0 Å². The van der Waals surface area contributed by atoms with Gasteiger partial charge in [0.05, 0.1) is 6.61 Å². The third kappa shape index (κ3) is 3.38. The minimum absolute atomic E-state index is 0.114. The van der Waals surface area contributed by atoms with Crippen LogP contribution in [0.4, 0.5) is 22.0 Å². The Kier molecular flexibility index (Phi) is 5.32. The lowest BCUT2D eigenvalue weighted by Crippen LogP contribution is -2.10. The summed E-state index contributed by atoms with van der Waals surface area (Å²) in [6.45, 7) is -0.317. The number of ether oxygens (including phenoxy) is 1. The lowest BCUT2D eigenvalue weighted by molar-refractivity contribution is 0.275. The second kappa shape index (κ2) is 6.10. The van der Waals surface area contributed by atoms with Crippen LogP contribution in [-0.4, -0.2) is 18.9 Å². The van der Waals surface area contributed by atoms with Gasteiger partial charge >= 0.3 is 12.3 Å². The van der Waals surface area contributed by atoms with Crippen LogP contribution in [0.1, 0.15) is 0 Å². The van der Waals surface area contributed by atoms with Crippen molar-refractivity contribution in [2.75, 3.05) is 6.61 Å². The maximum atomic E-state index is 13.0. The first kappa shape index (κ1) is 14.8. The van der Waals surface area contributed by atoms with Crippen LogP contribution in [0.15, 0.2) is 0 Å². The molecule has 1 rings (SSSR count). The number of hydrogen-bond donors (Lipinski definition) is 0. The van der Waals surface area contributed by atoms with Gasteiger partial charge in [0, 0.05) is 0 Å². The molecular formula is C8H4AlCl2F5O. The molecule has 0 aromatic heterocycles. The first-order valence-electron chi connectivity index (χ1n) is 4.28. The van der Waals surface area contributed by atoms with Crippen molar-refractivity contribution in [3.05, 3.63) is 29.1 Å². The molecule has 0 saturated heterocycles. The molecule has 0 N–H and O–H groups in total. The molecule has 0 saturated carbocycles. The Morgan fingerprint density at radius 1 is 0.824 bits per heavy atom. The fourth-order valence-corrected chi connectivity index (χ4v) is 1.79. The molecule has 0 atom stereocenters. The summed E-state index contributed by atoms with van der Waals surface area (Å²) >= 11 is -2.06. The van der Waals surface area contributed by atoms with Crippen molar-refractivity contribution < 1.29 is 26.7 Å². The molecule has 1 aromatic carbocycles. The van der Waals surface area contributed by atoms with E-state index >= 15 is 0 Å². The molecule has 0 spiro atoms. The Labute approximate surface area is 106 Å². The van der Waals surface area contributed by atoms with Gasteiger partial charge < -0.3 is 4.74 Å². The lowest BCUT2D eigenvalue weighted by Gasteiger charge is -2.09. The molecule has 1 aromatic rings. The number of halogens is 7. The van der Waals surface area contributed by atoms with E-state index < -0.39 is 47.1 Å². The monoisotopic (exact) mass is 308 g/mol. The van der Waals surface area contributed by atoms with Gasteiger partial charge in [-0.05, 0) is 5.28 Å². The molecule has 0 heterocycles. The fraction of sp³-hybridized carbons (Fsp3) is 0.250. The third-order valence-electron chi connectivity index (χ3n) is 1.75. The number of hydrogen-bond acceptors (Lipinski definition) is 1. The zero-order chi connectivity index (χ0) is 13.2. The first-order valence-corrected chi connectivity index (χ1v) is 8.59. The molecular weight excluding hydrogens is 305 g/mol. The molecule has 94 valence electrons.